The van der Waals surface area contributed by atoms with E-state index in [-0.39, 0.29) is 11.8 Å². The molecule has 0 bridgehead atoms. The Morgan fingerprint density at radius 2 is 2.04 bits per heavy atom. The number of thiophene rings is 1. The van der Waals surface area contributed by atoms with Crippen LogP contribution in [0.5, 0.6) is 0 Å². The van der Waals surface area contributed by atoms with Gasteiger partial charge in [-0.3, -0.25) is 20.4 Å². The fraction of sp³-hybridized carbons (Fsp3) is 0.250. The molecule has 1 saturated heterocycles. The van der Waals surface area contributed by atoms with Crippen molar-refractivity contribution in [3.05, 3.63) is 50.6 Å². The van der Waals surface area contributed by atoms with Crippen molar-refractivity contribution in [3.8, 4) is 0 Å². The molecule has 2 heterocycles. The number of amides is 2. The highest BCUT2D eigenvalue weighted by Gasteiger charge is 2.35. The Kier molecular flexibility index (Phi) is 5.28. The second-order valence-corrected chi connectivity index (χ2v) is 7.54. The van der Waals surface area contributed by atoms with Crippen LogP contribution in [0.3, 0.4) is 0 Å². The first-order valence-electron chi connectivity index (χ1n) is 7.42. The Bertz CT molecular complexity index is 765. The molecule has 2 aromatic rings. The van der Waals surface area contributed by atoms with E-state index in [9.17, 15) is 9.59 Å². The standard InChI is InChI=1S/C16H15Cl2N3O2S/c17-10-3-1-4-11(9-10)19-20-15(22)12-5-2-8-21(12)16(23)13-6-7-14(18)24-13/h1,3-4,6-7,9,12,19H,2,5,8H2,(H,20,22)/t12-/m0/s1. The minimum atomic E-state index is -0.495. The molecule has 0 radical (unpaired) electrons. The minimum Gasteiger partial charge on any atom is -0.326 e. The second-order valence-electron chi connectivity index (χ2n) is 5.38. The Labute approximate surface area is 153 Å². The Morgan fingerprint density at radius 1 is 1.21 bits per heavy atom. The van der Waals surface area contributed by atoms with Gasteiger partial charge in [0.1, 0.15) is 6.04 Å². The van der Waals surface area contributed by atoms with Crippen LogP contribution in [0.4, 0.5) is 5.69 Å². The summed E-state index contributed by atoms with van der Waals surface area (Å²) < 4.78 is 0.557. The molecule has 3 rings (SSSR count). The molecule has 1 fully saturated rings. The summed E-state index contributed by atoms with van der Waals surface area (Å²) >= 11 is 13.0. The molecule has 8 heteroatoms. The van der Waals surface area contributed by atoms with Gasteiger partial charge >= 0.3 is 0 Å². The van der Waals surface area contributed by atoms with Gasteiger partial charge < -0.3 is 4.90 Å². The molecule has 5 nitrogen and oxygen atoms in total. The van der Waals surface area contributed by atoms with Crippen molar-refractivity contribution >= 4 is 52.0 Å². The number of halogens is 2. The largest absolute Gasteiger partial charge is 0.326 e. The number of rotatable bonds is 4. The highest BCUT2D eigenvalue weighted by atomic mass is 35.5. The van der Waals surface area contributed by atoms with E-state index in [1.54, 1.807) is 41.3 Å². The van der Waals surface area contributed by atoms with Crippen molar-refractivity contribution in [2.24, 2.45) is 0 Å². The van der Waals surface area contributed by atoms with Crippen molar-refractivity contribution in [2.75, 3.05) is 12.0 Å². The number of nitrogens with one attached hydrogen (secondary N) is 2. The lowest BCUT2D eigenvalue weighted by molar-refractivity contribution is -0.124. The summed E-state index contributed by atoms with van der Waals surface area (Å²) in [4.78, 5) is 27.1. The molecule has 0 saturated carbocycles. The van der Waals surface area contributed by atoms with Gasteiger partial charge in [-0.25, -0.2) is 0 Å². The third-order valence-corrected chi connectivity index (χ3v) is 5.21. The van der Waals surface area contributed by atoms with Crippen LogP contribution < -0.4 is 10.9 Å². The molecule has 0 spiro atoms. The lowest BCUT2D eigenvalue weighted by atomic mass is 10.2. The van der Waals surface area contributed by atoms with Crippen LogP contribution in [0.25, 0.3) is 0 Å². The van der Waals surface area contributed by atoms with Gasteiger partial charge in [-0.1, -0.05) is 29.3 Å². The highest BCUT2D eigenvalue weighted by molar-refractivity contribution is 7.18. The summed E-state index contributed by atoms with van der Waals surface area (Å²) in [5.41, 5.74) is 6.15. The quantitative estimate of drug-likeness (QED) is 0.789. The van der Waals surface area contributed by atoms with E-state index in [1.807, 2.05) is 0 Å². The first-order chi connectivity index (χ1) is 11.5. The van der Waals surface area contributed by atoms with Gasteiger partial charge in [0, 0.05) is 11.6 Å². The lowest BCUT2D eigenvalue weighted by Crippen LogP contribution is -2.47. The molecule has 0 unspecified atom stereocenters. The van der Waals surface area contributed by atoms with Gasteiger partial charge in [0.05, 0.1) is 14.9 Å². The Balaban J connectivity index is 1.64. The van der Waals surface area contributed by atoms with Crippen LogP contribution in [0, 0.1) is 0 Å². The number of anilines is 1. The SMILES string of the molecule is O=C(NNc1cccc(Cl)c1)[C@@H]1CCCN1C(=O)c1ccc(Cl)s1. The van der Waals surface area contributed by atoms with E-state index in [0.717, 1.165) is 6.42 Å². The molecule has 1 atom stereocenters. The predicted octanol–water partition coefficient (Wildman–Crippen LogP) is 3.80. The fourth-order valence-electron chi connectivity index (χ4n) is 2.64. The fourth-order valence-corrected chi connectivity index (χ4v) is 3.83. The van der Waals surface area contributed by atoms with Crippen LogP contribution >= 0.6 is 34.5 Å². The summed E-state index contributed by atoms with van der Waals surface area (Å²) in [6.07, 6.45) is 1.42. The lowest BCUT2D eigenvalue weighted by Gasteiger charge is -2.23. The zero-order valence-electron chi connectivity index (χ0n) is 12.6. The number of hydrogen-bond acceptors (Lipinski definition) is 4. The van der Waals surface area contributed by atoms with Gasteiger partial charge in [-0.2, -0.15) is 0 Å². The van der Waals surface area contributed by atoms with Crippen LogP contribution in [-0.4, -0.2) is 29.3 Å². The molecule has 2 N–H and O–H groups in total. The number of benzene rings is 1. The first kappa shape index (κ1) is 17.1. The minimum absolute atomic E-state index is 0.160. The van der Waals surface area contributed by atoms with E-state index >= 15 is 0 Å². The normalized spacial score (nSPS) is 16.9. The maximum atomic E-state index is 12.6. The van der Waals surface area contributed by atoms with E-state index in [4.69, 9.17) is 23.2 Å². The third kappa shape index (κ3) is 3.83. The molecule has 1 aromatic carbocycles. The van der Waals surface area contributed by atoms with Crippen LogP contribution in [0.2, 0.25) is 9.36 Å². The van der Waals surface area contributed by atoms with Gasteiger partial charge in [0.25, 0.3) is 11.8 Å². The van der Waals surface area contributed by atoms with E-state index in [2.05, 4.69) is 10.9 Å². The number of hydrogen-bond donors (Lipinski definition) is 2. The summed E-state index contributed by atoms with van der Waals surface area (Å²) in [5.74, 6) is -0.407. The van der Waals surface area contributed by atoms with Crippen molar-refractivity contribution in [3.63, 3.8) is 0 Å². The molecule has 24 heavy (non-hydrogen) atoms. The molecule has 126 valence electrons. The third-order valence-electron chi connectivity index (χ3n) is 3.75. The molecule has 0 aliphatic carbocycles. The Morgan fingerprint density at radius 3 is 2.75 bits per heavy atom. The molecule has 1 aliphatic heterocycles. The van der Waals surface area contributed by atoms with Crippen molar-refractivity contribution in [1.29, 1.82) is 0 Å². The van der Waals surface area contributed by atoms with Crippen molar-refractivity contribution < 1.29 is 9.59 Å². The van der Waals surface area contributed by atoms with Gasteiger partial charge in [-0.05, 0) is 43.2 Å². The van der Waals surface area contributed by atoms with Crippen LogP contribution in [0.15, 0.2) is 36.4 Å². The predicted molar refractivity (Wildman–Crippen MR) is 96.6 cm³/mol. The van der Waals surface area contributed by atoms with Crippen LogP contribution in [-0.2, 0) is 4.79 Å². The number of carbonyl (C=O) groups is 2. The van der Waals surface area contributed by atoms with E-state index in [0.29, 0.717) is 32.9 Å². The smallest absolute Gasteiger partial charge is 0.264 e. The van der Waals surface area contributed by atoms with Gasteiger partial charge in [0.15, 0.2) is 0 Å². The van der Waals surface area contributed by atoms with Crippen molar-refractivity contribution in [2.45, 2.75) is 18.9 Å². The van der Waals surface area contributed by atoms with Gasteiger partial charge in [-0.15, -0.1) is 11.3 Å². The maximum Gasteiger partial charge on any atom is 0.264 e. The molecular formula is C16H15Cl2N3O2S. The zero-order chi connectivity index (χ0) is 17.1. The second kappa shape index (κ2) is 7.42. The first-order valence-corrected chi connectivity index (χ1v) is 8.99. The summed E-state index contributed by atoms with van der Waals surface area (Å²) in [6, 6.07) is 9.90. The van der Waals surface area contributed by atoms with Gasteiger partial charge in [0.2, 0.25) is 0 Å². The number of nitrogens with zero attached hydrogens (tertiary/aromatic N) is 1. The zero-order valence-corrected chi connectivity index (χ0v) is 14.9. The number of hydrazine groups is 1. The molecule has 2 amide bonds. The average molecular weight is 384 g/mol. The van der Waals surface area contributed by atoms with E-state index < -0.39 is 6.04 Å². The number of carbonyl (C=O) groups excluding carboxylic acids is 2. The Hall–Kier alpha value is -1.76. The molecule has 1 aromatic heterocycles. The molecule has 1 aliphatic rings. The molecular weight excluding hydrogens is 369 g/mol. The average Bonchev–Trinajstić information content (AvgIpc) is 3.21. The van der Waals surface area contributed by atoms with Crippen LogP contribution in [0.1, 0.15) is 22.5 Å². The number of likely N-dealkylation sites (tertiary alicyclic amines) is 1. The highest BCUT2D eigenvalue weighted by Crippen LogP contribution is 2.26. The monoisotopic (exact) mass is 383 g/mol. The summed E-state index contributed by atoms with van der Waals surface area (Å²) in [5, 5.41) is 0.571. The van der Waals surface area contributed by atoms with Crippen molar-refractivity contribution in [1.82, 2.24) is 10.3 Å². The maximum absolute atomic E-state index is 12.6. The topological polar surface area (TPSA) is 61.4 Å². The summed E-state index contributed by atoms with van der Waals surface area (Å²) in [6.45, 7) is 0.559. The summed E-state index contributed by atoms with van der Waals surface area (Å²) in [7, 11) is 0. The van der Waals surface area contributed by atoms with E-state index in [1.165, 1.54) is 11.3 Å².